The number of alkyl carbamates (subject to hydrolysis) is 1. The second-order valence-corrected chi connectivity index (χ2v) is 10.2. The predicted molar refractivity (Wildman–Crippen MR) is 130 cm³/mol. The van der Waals surface area contributed by atoms with Crippen molar-refractivity contribution in [2.75, 3.05) is 6.61 Å². The fraction of sp³-hybridized carbons (Fsp3) is 0.458. The van der Waals surface area contributed by atoms with Crippen molar-refractivity contribution in [3.8, 4) is 5.75 Å². The fourth-order valence-corrected chi connectivity index (χ4v) is 4.11. The van der Waals surface area contributed by atoms with Gasteiger partial charge in [0.1, 0.15) is 18.0 Å². The molecule has 8 heteroatoms. The molecular weight excluding hydrogens is 474 g/mol. The average Bonchev–Trinajstić information content (AvgIpc) is 2.65. The van der Waals surface area contributed by atoms with E-state index in [0.717, 1.165) is 21.7 Å². The van der Waals surface area contributed by atoms with Crippen LogP contribution < -0.4 is 15.6 Å². The third-order valence-corrected chi connectivity index (χ3v) is 5.51. The zero-order valence-electron chi connectivity index (χ0n) is 19.3. The first kappa shape index (κ1) is 24.0. The van der Waals surface area contributed by atoms with Crippen molar-refractivity contribution in [1.29, 1.82) is 0 Å². The number of ether oxygens (including phenoxy) is 2. The Hall–Kier alpha value is -2.61. The van der Waals surface area contributed by atoms with Gasteiger partial charge in [-0.25, -0.2) is 4.79 Å². The van der Waals surface area contributed by atoms with Gasteiger partial charge in [-0.05, 0) is 73.5 Å². The molecule has 3 aromatic rings. The molecule has 2 N–H and O–H groups in total. The zero-order valence-corrected chi connectivity index (χ0v) is 20.9. The van der Waals surface area contributed by atoms with Gasteiger partial charge >= 0.3 is 6.09 Å². The van der Waals surface area contributed by atoms with E-state index in [1.807, 2.05) is 39.8 Å². The van der Waals surface area contributed by atoms with Crippen molar-refractivity contribution in [3.05, 3.63) is 44.9 Å². The van der Waals surface area contributed by atoms with Crippen LogP contribution in [0.15, 0.2) is 33.7 Å². The van der Waals surface area contributed by atoms with Crippen LogP contribution in [0.2, 0.25) is 0 Å². The second kappa shape index (κ2) is 9.48. The van der Waals surface area contributed by atoms with Crippen LogP contribution in [0, 0.1) is 12.8 Å². The summed E-state index contributed by atoms with van der Waals surface area (Å²) in [5, 5.41) is 5.23. The number of rotatable bonds is 6. The quantitative estimate of drug-likeness (QED) is 0.435. The largest absolute Gasteiger partial charge is 0.490 e. The van der Waals surface area contributed by atoms with Gasteiger partial charge in [0, 0.05) is 17.6 Å². The molecule has 1 atom stereocenters. The summed E-state index contributed by atoms with van der Waals surface area (Å²) in [6.45, 7) is 11.7. The number of aryl methyl sites for hydroxylation is 1. The topological polar surface area (TPSA) is 93.3 Å². The Balaban J connectivity index is 1.86. The summed E-state index contributed by atoms with van der Waals surface area (Å²) < 4.78 is 12.2. The van der Waals surface area contributed by atoms with Gasteiger partial charge in [0.2, 0.25) is 0 Å². The van der Waals surface area contributed by atoms with Crippen LogP contribution in [0.5, 0.6) is 5.75 Å². The molecule has 0 fully saturated rings. The number of benzene rings is 1. The van der Waals surface area contributed by atoms with E-state index in [-0.39, 0.29) is 18.2 Å². The number of fused-ring (bicyclic) bond motifs is 3. The molecule has 3 rings (SSSR count). The lowest BCUT2D eigenvalue weighted by Gasteiger charge is -2.25. The number of carbonyl (C=O) groups is 1. The zero-order chi connectivity index (χ0) is 23.6. The van der Waals surface area contributed by atoms with E-state index in [9.17, 15) is 9.59 Å². The van der Waals surface area contributed by atoms with Gasteiger partial charge in [-0.1, -0.05) is 13.8 Å². The molecule has 1 aromatic carbocycles. The number of amides is 1. The predicted octanol–water partition coefficient (Wildman–Crippen LogP) is 5.47. The summed E-state index contributed by atoms with van der Waals surface area (Å²) in [6.07, 6.45) is 1.97. The first-order chi connectivity index (χ1) is 14.9. The average molecular weight is 504 g/mol. The first-order valence-electron chi connectivity index (χ1n) is 10.7. The Bertz CT molecular complexity index is 1200. The van der Waals surface area contributed by atoms with Gasteiger partial charge in [0.05, 0.1) is 27.1 Å². The number of nitrogens with one attached hydrogen (secondary N) is 2. The van der Waals surface area contributed by atoms with Gasteiger partial charge in [-0.15, -0.1) is 0 Å². The lowest BCUT2D eigenvalue weighted by molar-refractivity contribution is 0.0480. The van der Waals surface area contributed by atoms with Crippen LogP contribution in [0.3, 0.4) is 0 Å². The highest BCUT2D eigenvalue weighted by molar-refractivity contribution is 9.10. The number of nitrogens with zero attached hydrogens (tertiary/aromatic N) is 1. The van der Waals surface area contributed by atoms with Gasteiger partial charge in [0.15, 0.2) is 0 Å². The highest BCUT2D eigenvalue weighted by Gasteiger charge is 2.21. The van der Waals surface area contributed by atoms with Crippen LogP contribution in [0.1, 0.15) is 46.7 Å². The van der Waals surface area contributed by atoms with E-state index in [2.05, 4.69) is 45.1 Å². The monoisotopic (exact) mass is 503 g/mol. The van der Waals surface area contributed by atoms with Gasteiger partial charge in [0.25, 0.3) is 5.56 Å². The van der Waals surface area contributed by atoms with Crippen LogP contribution in [-0.2, 0) is 4.74 Å². The maximum absolute atomic E-state index is 12.6. The summed E-state index contributed by atoms with van der Waals surface area (Å²) >= 11 is 3.59. The Morgan fingerprint density at radius 3 is 2.62 bits per heavy atom. The number of hydrogen-bond acceptors (Lipinski definition) is 5. The Kier molecular flexibility index (Phi) is 7.12. The summed E-state index contributed by atoms with van der Waals surface area (Å²) in [4.78, 5) is 32.0. The van der Waals surface area contributed by atoms with Crippen LogP contribution >= 0.6 is 15.9 Å². The lowest BCUT2D eigenvalue weighted by Crippen LogP contribution is -2.42. The van der Waals surface area contributed by atoms with Crippen molar-refractivity contribution in [2.24, 2.45) is 5.92 Å². The molecular formula is C24H30BrN3O4. The van der Waals surface area contributed by atoms with Crippen LogP contribution in [0.4, 0.5) is 4.79 Å². The minimum atomic E-state index is -0.572. The van der Waals surface area contributed by atoms with Crippen molar-refractivity contribution >= 4 is 43.7 Å². The van der Waals surface area contributed by atoms with E-state index in [4.69, 9.17) is 9.47 Å². The molecule has 2 heterocycles. The van der Waals surface area contributed by atoms with Crippen LogP contribution in [-0.4, -0.2) is 34.3 Å². The van der Waals surface area contributed by atoms with E-state index >= 15 is 0 Å². The molecule has 0 aliphatic carbocycles. The smallest absolute Gasteiger partial charge is 0.407 e. The molecule has 2 aromatic heterocycles. The summed E-state index contributed by atoms with van der Waals surface area (Å²) in [7, 11) is 0. The molecule has 1 amide bonds. The molecule has 0 radical (unpaired) electrons. The molecule has 0 spiro atoms. The van der Waals surface area contributed by atoms with Gasteiger partial charge in [-0.2, -0.15) is 0 Å². The standard InChI is InChI=1S/C24H30BrN3O4/c1-13(2)9-15(27-23(30)32-24(4,5)6)12-31-20-11-19-17(10-18(20)25)16-7-8-26-14(3)21(16)22(29)28-19/h7-8,10-11,13,15H,9,12H2,1-6H3,(H,27,30)(H,28,29). The lowest BCUT2D eigenvalue weighted by atomic mass is 10.0. The van der Waals surface area contributed by atoms with Crippen molar-refractivity contribution in [3.63, 3.8) is 0 Å². The molecule has 0 aliphatic rings. The third kappa shape index (κ3) is 5.79. The maximum atomic E-state index is 12.6. The normalized spacial score (nSPS) is 12.9. The second-order valence-electron chi connectivity index (χ2n) is 9.38. The van der Waals surface area contributed by atoms with E-state index < -0.39 is 11.7 Å². The Morgan fingerprint density at radius 1 is 1.25 bits per heavy atom. The highest BCUT2D eigenvalue weighted by Crippen LogP contribution is 2.33. The third-order valence-electron chi connectivity index (χ3n) is 4.89. The number of H-pyrrole nitrogens is 1. The molecule has 0 saturated heterocycles. The van der Waals surface area contributed by atoms with Crippen molar-refractivity contribution < 1.29 is 14.3 Å². The Labute approximate surface area is 196 Å². The van der Waals surface area contributed by atoms with Crippen molar-refractivity contribution in [2.45, 2.75) is 59.6 Å². The molecule has 32 heavy (non-hydrogen) atoms. The Morgan fingerprint density at radius 2 is 1.97 bits per heavy atom. The summed E-state index contributed by atoms with van der Waals surface area (Å²) in [5.41, 5.74) is 0.603. The number of hydrogen-bond donors (Lipinski definition) is 2. The van der Waals surface area contributed by atoms with E-state index in [1.54, 1.807) is 12.3 Å². The molecule has 172 valence electrons. The van der Waals surface area contributed by atoms with E-state index in [0.29, 0.717) is 28.3 Å². The minimum Gasteiger partial charge on any atom is -0.490 e. The molecule has 0 saturated carbocycles. The minimum absolute atomic E-state index is 0.185. The number of halogens is 1. The van der Waals surface area contributed by atoms with Gasteiger partial charge in [-0.3, -0.25) is 9.78 Å². The molecule has 7 nitrogen and oxygen atoms in total. The first-order valence-corrected chi connectivity index (χ1v) is 11.5. The molecule has 0 aliphatic heterocycles. The van der Waals surface area contributed by atoms with Crippen LogP contribution in [0.25, 0.3) is 21.7 Å². The van der Waals surface area contributed by atoms with Crippen molar-refractivity contribution in [1.82, 2.24) is 15.3 Å². The van der Waals surface area contributed by atoms with Gasteiger partial charge < -0.3 is 19.8 Å². The summed E-state index contributed by atoms with van der Waals surface area (Å²) in [5.74, 6) is 0.941. The summed E-state index contributed by atoms with van der Waals surface area (Å²) in [6, 6.07) is 5.35. The highest BCUT2D eigenvalue weighted by atomic mass is 79.9. The number of aromatic nitrogens is 2. The SMILES string of the molecule is Cc1nccc2c1c(=O)[nH]c1cc(OCC(CC(C)C)NC(=O)OC(C)(C)C)c(Br)cc12. The number of pyridine rings is 2. The molecule has 1 unspecified atom stereocenters. The number of aromatic amines is 1. The van der Waals surface area contributed by atoms with E-state index in [1.165, 1.54) is 0 Å². The maximum Gasteiger partial charge on any atom is 0.407 e. The number of carbonyl (C=O) groups excluding carboxylic acids is 1. The molecule has 0 bridgehead atoms. The fourth-order valence-electron chi connectivity index (χ4n) is 3.65.